The maximum atomic E-state index is 13.2. The van der Waals surface area contributed by atoms with Gasteiger partial charge in [0, 0.05) is 45.7 Å². The summed E-state index contributed by atoms with van der Waals surface area (Å²) < 4.78 is 39.7. The lowest BCUT2D eigenvalue weighted by Crippen LogP contribution is -2.57. The van der Waals surface area contributed by atoms with Gasteiger partial charge in [-0.15, -0.1) is 12.4 Å². The van der Waals surface area contributed by atoms with Crippen molar-refractivity contribution in [2.75, 3.05) is 39.3 Å². The normalized spacial score (nSPS) is 16.0. The molecule has 1 aromatic rings. The van der Waals surface area contributed by atoms with E-state index in [1.807, 2.05) is 30.3 Å². The fourth-order valence-corrected chi connectivity index (χ4v) is 2.90. The van der Waals surface area contributed by atoms with E-state index in [1.165, 1.54) is 4.90 Å². The lowest BCUT2D eigenvalue weighted by Gasteiger charge is -2.35. The van der Waals surface area contributed by atoms with Crippen molar-refractivity contribution in [2.45, 2.75) is 25.1 Å². The lowest BCUT2D eigenvalue weighted by atomic mass is 10.1. The van der Waals surface area contributed by atoms with E-state index < -0.39 is 24.7 Å². The number of alkyl halides is 3. The molecule has 6 nitrogen and oxygen atoms in total. The zero-order chi connectivity index (χ0) is 19.7. The van der Waals surface area contributed by atoms with Gasteiger partial charge in [-0.2, -0.15) is 13.2 Å². The third kappa shape index (κ3) is 8.45. The molecule has 28 heavy (non-hydrogen) atoms. The van der Waals surface area contributed by atoms with Crippen molar-refractivity contribution >= 4 is 24.2 Å². The van der Waals surface area contributed by atoms with E-state index in [-0.39, 0.29) is 50.8 Å². The summed E-state index contributed by atoms with van der Waals surface area (Å²) in [5.41, 5.74) is 0.850. The van der Waals surface area contributed by atoms with Crippen LogP contribution < -0.4 is 16.0 Å². The standard InChI is InChI=1S/C18H25F3N4O2.ClH/c19-18(20,21)15(25-10-8-22-9-11-25)13-24-16(26)6-7-23-17(27)12-14-4-2-1-3-5-14;/h1-5,15,22H,6-13H2,(H,23,27)(H,24,26);1H. The quantitative estimate of drug-likeness (QED) is 0.587. The molecule has 1 heterocycles. The van der Waals surface area contributed by atoms with Gasteiger partial charge < -0.3 is 16.0 Å². The molecule has 0 saturated carbocycles. The van der Waals surface area contributed by atoms with Crippen LogP contribution in [0, 0.1) is 0 Å². The summed E-state index contributed by atoms with van der Waals surface area (Å²) in [6.07, 6.45) is -4.28. The molecule has 0 radical (unpaired) electrons. The monoisotopic (exact) mass is 422 g/mol. The number of nitrogens with one attached hydrogen (secondary N) is 3. The van der Waals surface area contributed by atoms with Gasteiger partial charge in [0.25, 0.3) is 0 Å². The average Bonchev–Trinajstić information content (AvgIpc) is 2.62. The molecule has 1 fully saturated rings. The van der Waals surface area contributed by atoms with E-state index in [0.29, 0.717) is 13.1 Å². The summed E-state index contributed by atoms with van der Waals surface area (Å²) in [5.74, 6) is -0.748. The first kappa shape index (κ1) is 24.2. The second kappa shape index (κ2) is 11.9. The third-order valence-corrected chi connectivity index (χ3v) is 4.34. The van der Waals surface area contributed by atoms with Crippen LogP contribution in [0.15, 0.2) is 30.3 Å². The van der Waals surface area contributed by atoms with E-state index in [4.69, 9.17) is 0 Å². The van der Waals surface area contributed by atoms with Crippen LogP contribution in [0.4, 0.5) is 13.2 Å². The first-order valence-electron chi connectivity index (χ1n) is 8.95. The number of hydrogen-bond donors (Lipinski definition) is 3. The average molecular weight is 423 g/mol. The smallest absolute Gasteiger partial charge is 0.355 e. The summed E-state index contributed by atoms with van der Waals surface area (Å²) in [4.78, 5) is 25.0. The fraction of sp³-hybridized carbons (Fsp3) is 0.556. The minimum atomic E-state index is -4.41. The Balaban J connectivity index is 0.00000392. The van der Waals surface area contributed by atoms with E-state index in [2.05, 4.69) is 16.0 Å². The molecule has 1 aromatic carbocycles. The van der Waals surface area contributed by atoms with Gasteiger partial charge in [-0.1, -0.05) is 30.3 Å². The maximum absolute atomic E-state index is 13.2. The molecule has 2 amide bonds. The van der Waals surface area contributed by atoms with Crippen molar-refractivity contribution in [1.82, 2.24) is 20.9 Å². The Morgan fingerprint density at radius 2 is 1.71 bits per heavy atom. The molecule has 158 valence electrons. The van der Waals surface area contributed by atoms with Crippen LogP contribution in [-0.4, -0.2) is 68.2 Å². The summed E-state index contributed by atoms with van der Waals surface area (Å²) in [5, 5.41) is 7.95. The van der Waals surface area contributed by atoms with Gasteiger partial charge in [0.1, 0.15) is 6.04 Å². The van der Waals surface area contributed by atoms with Gasteiger partial charge >= 0.3 is 6.18 Å². The molecular weight excluding hydrogens is 397 g/mol. The fourth-order valence-electron chi connectivity index (χ4n) is 2.90. The number of carbonyl (C=O) groups is 2. The van der Waals surface area contributed by atoms with E-state index in [9.17, 15) is 22.8 Å². The second-order valence-electron chi connectivity index (χ2n) is 6.41. The predicted molar refractivity (Wildman–Crippen MR) is 102 cm³/mol. The van der Waals surface area contributed by atoms with Gasteiger partial charge in [-0.05, 0) is 5.56 Å². The van der Waals surface area contributed by atoms with Crippen LogP contribution in [-0.2, 0) is 16.0 Å². The Kier molecular flexibility index (Phi) is 10.3. The van der Waals surface area contributed by atoms with Crippen LogP contribution in [0.5, 0.6) is 0 Å². The van der Waals surface area contributed by atoms with Crippen LogP contribution in [0.3, 0.4) is 0 Å². The molecule has 1 aliphatic rings. The van der Waals surface area contributed by atoms with Gasteiger partial charge in [-0.25, -0.2) is 0 Å². The largest absolute Gasteiger partial charge is 0.405 e. The summed E-state index contributed by atoms with van der Waals surface area (Å²) in [6, 6.07) is 7.44. The highest BCUT2D eigenvalue weighted by Gasteiger charge is 2.43. The maximum Gasteiger partial charge on any atom is 0.405 e. The number of carbonyl (C=O) groups excluding carboxylic acids is 2. The number of halogens is 4. The predicted octanol–water partition coefficient (Wildman–Crippen LogP) is 1.11. The molecule has 0 aliphatic carbocycles. The van der Waals surface area contributed by atoms with E-state index in [1.54, 1.807) is 0 Å². The Bertz CT molecular complexity index is 611. The van der Waals surface area contributed by atoms with Gasteiger partial charge in [0.15, 0.2) is 0 Å². The molecular formula is C18H26ClF3N4O2. The molecule has 0 spiro atoms. The van der Waals surface area contributed by atoms with Crippen LogP contribution >= 0.6 is 12.4 Å². The minimum absolute atomic E-state index is 0. The molecule has 3 N–H and O–H groups in total. The van der Waals surface area contributed by atoms with Crippen LogP contribution in [0.25, 0.3) is 0 Å². The number of piperazine rings is 1. The molecule has 10 heteroatoms. The molecule has 0 aromatic heterocycles. The Labute approximate surface area is 168 Å². The SMILES string of the molecule is Cl.O=C(CCNC(=O)Cc1ccccc1)NCC(N1CCNCC1)C(F)(F)F. The minimum Gasteiger partial charge on any atom is -0.355 e. The highest BCUT2D eigenvalue weighted by atomic mass is 35.5. The summed E-state index contributed by atoms with van der Waals surface area (Å²) in [6.45, 7) is 1.16. The van der Waals surface area contributed by atoms with Crippen molar-refractivity contribution in [2.24, 2.45) is 0 Å². The van der Waals surface area contributed by atoms with Gasteiger partial charge in [-0.3, -0.25) is 14.5 Å². The number of benzene rings is 1. The number of nitrogens with zero attached hydrogens (tertiary/aromatic N) is 1. The summed E-state index contributed by atoms with van der Waals surface area (Å²) in [7, 11) is 0. The van der Waals surface area contributed by atoms with Crippen molar-refractivity contribution in [3.8, 4) is 0 Å². The van der Waals surface area contributed by atoms with Crippen LogP contribution in [0.2, 0.25) is 0 Å². The van der Waals surface area contributed by atoms with Crippen molar-refractivity contribution in [3.05, 3.63) is 35.9 Å². The molecule has 1 atom stereocenters. The molecule has 0 bridgehead atoms. The molecule has 1 saturated heterocycles. The number of hydrogen-bond acceptors (Lipinski definition) is 4. The Morgan fingerprint density at radius 3 is 2.32 bits per heavy atom. The first-order chi connectivity index (χ1) is 12.9. The highest BCUT2D eigenvalue weighted by Crippen LogP contribution is 2.24. The topological polar surface area (TPSA) is 73.5 Å². The third-order valence-electron chi connectivity index (χ3n) is 4.34. The van der Waals surface area contributed by atoms with Crippen LogP contribution in [0.1, 0.15) is 12.0 Å². The first-order valence-corrected chi connectivity index (χ1v) is 8.95. The van der Waals surface area contributed by atoms with E-state index >= 15 is 0 Å². The van der Waals surface area contributed by atoms with Crippen molar-refractivity contribution < 1.29 is 22.8 Å². The van der Waals surface area contributed by atoms with Gasteiger partial charge in [0.05, 0.1) is 6.42 Å². The molecule has 1 unspecified atom stereocenters. The molecule has 1 aliphatic heterocycles. The summed E-state index contributed by atoms with van der Waals surface area (Å²) >= 11 is 0. The van der Waals surface area contributed by atoms with E-state index in [0.717, 1.165) is 5.56 Å². The highest BCUT2D eigenvalue weighted by molar-refractivity contribution is 5.85. The van der Waals surface area contributed by atoms with Gasteiger partial charge in [0.2, 0.25) is 11.8 Å². The second-order valence-corrected chi connectivity index (χ2v) is 6.41. The zero-order valence-corrected chi connectivity index (χ0v) is 16.2. The number of amides is 2. The number of rotatable bonds is 8. The molecule has 2 rings (SSSR count). The lowest BCUT2D eigenvalue weighted by molar-refractivity contribution is -0.184. The zero-order valence-electron chi connectivity index (χ0n) is 15.4. The Morgan fingerprint density at radius 1 is 1.07 bits per heavy atom. The van der Waals surface area contributed by atoms with Crippen molar-refractivity contribution in [3.63, 3.8) is 0 Å². The Hall–Kier alpha value is -1.84. The van der Waals surface area contributed by atoms with Crippen molar-refractivity contribution in [1.29, 1.82) is 0 Å².